The van der Waals surface area contributed by atoms with Gasteiger partial charge >= 0.3 is 0 Å². The van der Waals surface area contributed by atoms with E-state index in [2.05, 4.69) is 20.5 Å². The normalized spacial score (nSPS) is 14.7. The van der Waals surface area contributed by atoms with E-state index in [9.17, 15) is 9.59 Å². The van der Waals surface area contributed by atoms with Gasteiger partial charge in [-0.3, -0.25) is 9.59 Å². The van der Waals surface area contributed by atoms with Crippen LogP contribution in [0, 0.1) is 0 Å². The molecule has 0 saturated heterocycles. The SMILES string of the molecule is O=C(Nc1ccc(OC2CCCC2)nc1)c1cn[nH]c(=O)c1. The molecular formula is C15H16N4O3. The minimum Gasteiger partial charge on any atom is -0.474 e. The van der Waals surface area contributed by atoms with Crippen molar-refractivity contribution in [1.82, 2.24) is 15.2 Å². The number of carbonyl (C=O) groups excluding carboxylic acids is 1. The average Bonchev–Trinajstić information content (AvgIpc) is 3.02. The number of nitrogens with one attached hydrogen (secondary N) is 2. The highest BCUT2D eigenvalue weighted by atomic mass is 16.5. The predicted octanol–water partition coefficient (Wildman–Crippen LogP) is 1.74. The Morgan fingerprint density at radius 2 is 2.09 bits per heavy atom. The van der Waals surface area contributed by atoms with Crippen LogP contribution in [0.2, 0.25) is 0 Å². The molecule has 7 heteroatoms. The second-order valence-electron chi connectivity index (χ2n) is 5.20. The van der Waals surface area contributed by atoms with Crippen LogP contribution in [0.15, 0.2) is 35.4 Å². The van der Waals surface area contributed by atoms with E-state index in [1.54, 1.807) is 12.1 Å². The Kier molecular flexibility index (Phi) is 4.13. The van der Waals surface area contributed by atoms with E-state index in [0.717, 1.165) is 12.8 Å². The van der Waals surface area contributed by atoms with Gasteiger partial charge in [0.25, 0.3) is 11.5 Å². The molecule has 1 saturated carbocycles. The number of hydrogen-bond donors (Lipinski definition) is 2. The fraction of sp³-hybridized carbons (Fsp3) is 0.333. The second kappa shape index (κ2) is 6.38. The van der Waals surface area contributed by atoms with Crippen LogP contribution in [0.5, 0.6) is 5.88 Å². The van der Waals surface area contributed by atoms with Gasteiger partial charge in [-0.2, -0.15) is 5.10 Å². The maximum Gasteiger partial charge on any atom is 0.264 e. The van der Waals surface area contributed by atoms with E-state index < -0.39 is 11.5 Å². The van der Waals surface area contributed by atoms with Crippen molar-refractivity contribution < 1.29 is 9.53 Å². The summed E-state index contributed by atoms with van der Waals surface area (Å²) in [5.74, 6) is 0.146. The zero-order chi connectivity index (χ0) is 15.4. The maximum atomic E-state index is 12.0. The number of amides is 1. The molecule has 1 amide bonds. The zero-order valence-electron chi connectivity index (χ0n) is 11.9. The topological polar surface area (TPSA) is 97.0 Å². The Morgan fingerprint density at radius 3 is 2.77 bits per heavy atom. The Bertz CT molecular complexity index is 705. The summed E-state index contributed by atoms with van der Waals surface area (Å²) in [6.07, 6.45) is 7.59. The molecule has 114 valence electrons. The van der Waals surface area contributed by atoms with Gasteiger partial charge in [-0.05, 0) is 31.7 Å². The van der Waals surface area contributed by atoms with Crippen molar-refractivity contribution >= 4 is 11.6 Å². The number of aromatic amines is 1. The zero-order valence-corrected chi connectivity index (χ0v) is 11.9. The Labute approximate surface area is 126 Å². The molecule has 1 fully saturated rings. The number of rotatable bonds is 4. The molecule has 0 spiro atoms. The number of ether oxygens (including phenoxy) is 1. The highest BCUT2D eigenvalue weighted by Gasteiger charge is 2.17. The van der Waals surface area contributed by atoms with E-state index in [1.165, 1.54) is 31.3 Å². The monoisotopic (exact) mass is 300 g/mol. The molecule has 0 aliphatic heterocycles. The molecule has 1 aliphatic rings. The van der Waals surface area contributed by atoms with Crippen molar-refractivity contribution in [2.24, 2.45) is 0 Å². The third-order valence-electron chi connectivity index (χ3n) is 3.51. The molecular weight excluding hydrogens is 284 g/mol. The fourth-order valence-electron chi connectivity index (χ4n) is 2.40. The first-order valence-electron chi connectivity index (χ1n) is 7.19. The van der Waals surface area contributed by atoms with Crippen LogP contribution in [0.3, 0.4) is 0 Å². The van der Waals surface area contributed by atoms with Gasteiger partial charge in [0.1, 0.15) is 6.10 Å². The Hall–Kier alpha value is -2.70. The first-order chi connectivity index (χ1) is 10.7. The quantitative estimate of drug-likeness (QED) is 0.896. The van der Waals surface area contributed by atoms with E-state index in [1.807, 2.05) is 0 Å². The molecule has 7 nitrogen and oxygen atoms in total. The summed E-state index contributed by atoms with van der Waals surface area (Å²) in [6, 6.07) is 4.63. The summed E-state index contributed by atoms with van der Waals surface area (Å²) < 4.78 is 5.76. The third-order valence-corrected chi connectivity index (χ3v) is 3.51. The summed E-state index contributed by atoms with van der Waals surface area (Å²) in [4.78, 5) is 27.3. The molecule has 0 aromatic carbocycles. The number of pyridine rings is 1. The molecule has 0 atom stereocenters. The molecule has 0 unspecified atom stereocenters. The standard InChI is InChI=1S/C15H16N4O3/c20-13-7-10(8-17-19-13)15(21)18-11-5-6-14(16-9-11)22-12-3-1-2-4-12/h5-9,12H,1-4H2,(H,18,21)(H,19,20). The summed E-state index contributed by atoms with van der Waals surface area (Å²) in [6.45, 7) is 0. The van der Waals surface area contributed by atoms with Gasteiger partial charge in [0.15, 0.2) is 0 Å². The molecule has 0 radical (unpaired) electrons. The van der Waals surface area contributed by atoms with Gasteiger partial charge in [0.2, 0.25) is 5.88 Å². The van der Waals surface area contributed by atoms with Gasteiger partial charge in [-0.15, -0.1) is 0 Å². The van der Waals surface area contributed by atoms with E-state index in [-0.39, 0.29) is 11.7 Å². The van der Waals surface area contributed by atoms with E-state index in [4.69, 9.17) is 4.74 Å². The highest BCUT2D eigenvalue weighted by molar-refractivity contribution is 6.03. The van der Waals surface area contributed by atoms with Crippen molar-refractivity contribution in [2.45, 2.75) is 31.8 Å². The van der Waals surface area contributed by atoms with Gasteiger partial charge in [-0.25, -0.2) is 10.1 Å². The van der Waals surface area contributed by atoms with Crippen molar-refractivity contribution in [3.63, 3.8) is 0 Å². The smallest absolute Gasteiger partial charge is 0.264 e. The number of carbonyl (C=O) groups is 1. The predicted molar refractivity (Wildman–Crippen MR) is 79.9 cm³/mol. The average molecular weight is 300 g/mol. The molecule has 2 N–H and O–H groups in total. The van der Waals surface area contributed by atoms with Crippen LogP contribution in [-0.4, -0.2) is 27.2 Å². The van der Waals surface area contributed by atoms with Crippen LogP contribution in [0.1, 0.15) is 36.0 Å². The molecule has 0 bridgehead atoms. The first-order valence-corrected chi connectivity index (χ1v) is 7.19. The van der Waals surface area contributed by atoms with Crippen molar-refractivity contribution in [1.29, 1.82) is 0 Å². The van der Waals surface area contributed by atoms with Gasteiger partial charge in [0.05, 0.1) is 23.6 Å². The summed E-state index contributed by atoms with van der Waals surface area (Å²) >= 11 is 0. The molecule has 1 aliphatic carbocycles. The first kappa shape index (κ1) is 14.2. The Balaban J connectivity index is 1.63. The maximum absolute atomic E-state index is 12.0. The third kappa shape index (κ3) is 3.49. The minimum atomic E-state index is -0.425. The number of aromatic nitrogens is 3. The van der Waals surface area contributed by atoms with E-state index in [0.29, 0.717) is 11.6 Å². The van der Waals surface area contributed by atoms with Crippen molar-refractivity contribution in [3.05, 3.63) is 46.5 Å². The van der Waals surface area contributed by atoms with Crippen molar-refractivity contribution in [2.75, 3.05) is 5.32 Å². The molecule has 2 aromatic heterocycles. The van der Waals surface area contributed by atoms with Crippen molar-refractivity contribution in [3.8, 4) is 5.88 Å². The molecule has 3 rings (SSSR count). The lowest BCUT2D eigenvalue weighted by Gasteiger charge is -2.12. The van der Waals surface area contributed by atoms with Crippen LogP contribution < -0.4 is 15.6 Å². The lowest BCUT2D eigenvalue weighted by Crippen LogP contribution is -2.17. The number of anilines is 1. The van der Waals surface area contributed by atoms with Crippen LogP contribution in [-0.2, 0) is 0 Å². The van der Waals surface area contributed by atoms with Gasteiger partial charge in [-0.1, -0.05) is 0 Å². The lowest BCUT2D eigenvalue weighted by molar-refractivity contribution is 0.102. The number of hydrogen-bond acceptors (Lipinski definition) is 5. The van der Waals surface area contributed by atoms with Crippen LogP contribution in [0.4, 0.5) is 5.69 Å². The van der Waals surface area contributed by atoms with Gasteiger partial charge in [0, 0.05) is 12.1 Å². The largest absolute Gasteiger partial charge is 0.474 e. The number of nitrogens with zero attached hydrogens (tertiary/aromatic N) is 2. The number of H-pyrrole nitrogens is 1. The molecule has 2 heterocycles. The summed E-state index contributed by atoms with van der Waals surface area (Å²) in [7, 11) is 0. The summed E-state index contributed by atoms with van der Waals surface area (Å²) in [5.41, 5.74) is 0.296. The minimum absolute atomic E-state index is 0.190. The van der Waals surface area contributed by atoms with Gasteiger partial charge < -0.3 is 10.1 Å². The second-order valence-corrected chi connectivity index (χ2v) is 5.20. The lowest BCUT2D eigenvalue weighted by atomic mass is 10.3. The fourth-order valence-corrected chi connectivity index (χ4v) is 2.40. The highest BCUT2D eigenvalue weighted by Crippen LogP contribution is 2.23. The van der Waals surface area contributed by atoms with Crippen LogP contribution >= 0.6 is 0 Å². The van der Waals surface area contributed by atoms with E-state index >= 15 is 0 Å². The Morgan fingerprint density at radius 1 is 1.27 bits per heavy atom. The van der Waals surface area contributed by atoms with Crippen LogP contribution in [0.25, 0.3) is 0 Å². The molecule has 2 aromatic rings. The molecule has 22 heavy (non-hydrogen) atoms. The summed E-state index contributed by atoms with van der Waals surface area (Å²) in [5, 5.41) is 8.46.